The van der Waals surface area contributed by atoms with Crippen molar-refractivity contribution in [2.75, 3.05) is 14.2 Å². The van der Waals surface area contributed by atoms with Gasteiger partial charge in [-0.05, 0) is 38.1 Å². The number of benzene rings is 2. The van der Waals surface area contributed by atoms with Gasteiger partial charge in [0, 0.05) is 22.7 Å². The Balaban J connectivity index is 1.89. The number of hydrogen-bond donors (Lipinski definition) is 1. The highest BCUT2D eigenvalue weighted by molar-refractivity contribution is 6.07. The van der Waals surface area contributed by atoms with E-state index in [-0.39, 0.29) is 5.91 Å². The normalized spacial score (nSPS) is 11.3. The van der Waals surface area contributed by atoms with E-state index in [1.807, 2.05) is 43.3 Å². The summed E-state index contributed by atoms with van der Waals surface area (Å²) in [6, 6.07) is 14.7. The molecule has 0 spiro atoms. The van der Waals surface area contributed by atoms with E-state index in [1.54, 1.807) is 33.3 Å². The molecule has 0 aliphatic rings. The Bertz CT molecular complexity index is 1030. The molecule has 0 aliphatic carbocycles. The molecule has 138 valence electrons. The minimum atomic E-state index is -0.288. The second-order valence-corrected chi connectivity index (χ2v) is 6.03. The number of carbonyl (C=O) groups excluding carboxylic acids is 1. The number of ether oxygens (including phenoxy) is 2. The third kappa shape index (κ3) is 3.89. The highest BCUT2D eigenvalue weighted by Gasteiger charge is 2.13. The van der Waals surface area contributed by atoms with E-state index in [0.29, 0.717) is 22.8 Å². The summed E-state index contributed by atoms with van der Waals surface area (Å²) in [4.78, 5) is 17.2. The lowest BCUT2D eigenvalue weighted by atomic mass is 10.1. The van der Waals surface area contributed by atoms with Crippen LogP contribution in [0.3, 0.4) is 0 Å². The van der Waals surface area contributed by atoms with Gasteiger partial charge in [-0.25, -0.2) is 5.43 Å². The molecule has 3 aromatic rings. The van der Waals surface area contributed by atoms with Crippen molar-refractivity contribution in [1.29, 1.82) is 0 Å². The second kappa shape index (κ2) is 7.86. The van der Waals surface area contributed by atoms with Crippen LogP contribution in [0.25, 0.3) is 10.9 Å². The average molecular weight is 363 g/mol. The van der Waals surface area contributed by atoms with Crippen LogP contribution in [0.15, 0.2) is 53.6 Å². The van der Waals surface area contributed by atoms with Gasteiger partial charge in [0.15, 0.2) is 0 Å². The number of hydrazone groups is 1. The molecule has 0 radical (unpaired) electrons. The molecule has 27 heavy (non-hydrogen) atoms. The van der Waals surface area contributed by atoms with Crippen LogP contribution in [0.1, 0.15) is 28.5 Å². The molecule has 6 heteroatoms. The average Bonchev–Trinajstić information content (AvgIpc) is 2.70. The largest absolute Gasteiger partial charge is 0.497 e. The fraction of sp³-hybridized carbons (Fsp3) is 0.190. The van der Waals surface area contributed by atoms with Crippen LogP contribution in [0, 0.1) is 6.92 Å². The van der Waals surface area contributed by atoms with Gasteiger partial charge in [0.2, 0.25) is 0 Å². The third-order valence-electron chi connectivity index (χ3n) is 4.21. The van der Waals surface area contributed by atoms with E-state index in [2.05, 4.69) is 15.5 Å². The highest BCUT2D eigenvalue weighted by atomic mass is 16.5. The first kappa shape index (κ1) is 18.4. The molecule has 0 aliphatic heterocycles. The summed E-state index contributed by atoms with van der Waals surface area (Å²) in [5.41, 5.74) is 6.12. The number of nitrogens with one attached hydrogen (secondary N) is 1. The number of aromatic nitrogens is 1. The molecule has 3 rings (SSSR count). The Kier molecular flexibility index (Phi) is 5.35. The number of nitrogens with zero attached hydrogens (tertiary/aromatic N) is 2. The van der Waals surface area contributed by atoms with Crippen molar-refractivity contribution in [2.45, 2.75) is 13.8 Å². The first-order valence-electron chi connectivity index (χ1n) is 8.47. The molecule has 6 nitrogen and oxygen atoms in total. The molecule has 1 N–H and O–H groups in total. The minimum Gasteiger partial charge on any atom is -0.497 e. The van der Waals surface area contributed by atoms with Gasteiger partial charge in [0.05, 0.1) is 31.0 Å². The van der Waals surface area contributed by atoms with Crippen molar-refractivity contribution in [3.05, 3.63) is 65.4 Å². The van der Waals surface area contributed by atoms with E-state index in [9.17, 15) is 4.79 Å². The quantitative estimate of drug-likeness (QED) is 0.554. The van der Waals surface area contributed by atoms with Crippen molar-refractivity contribution >= 4 is 22.5 Å². The monoisotopic (exact) mass is 363 g/mol. The van der Waals surface area contributed by atoms with Crippen LogP contribution < -0.4 is 14.9 Å². The molecule has 0 fully saturated rings. The van der Waals surface area contributed by atoms with Crippen molar-refractivity contribution in [3.8, 4) is 11.5 Å². The smallest absolute Gasteiger partial charge is 0.272 e. The van der Waals surface area contributed by atoms with Gasteiger partial charge >= 0.3 is 0 Å². The van der Waals surface area contributed by atoms with Crippen LogP contribution in [0.2, 0.25) is 0 Å². The van der Waals surface area contributed by atoms with E-state index in [0.717, 1.165) is 22.2 Å². The van der Waals surface area contributed by atoms with Gasteiger partial charge < -0.3 is 9.47 Å². The molecule has 1 amide bonds. The van der Waals surface area contributed by atoms with Crippen molar-refractivity contribution in [3.63, 3.8) is 0 Å². The van der Waals surface area contributed by atoms with Crippen molar-refractivity contribution in [2.24, 2.45) is 5.10 Å². The standard InChI is InChI=1S/C21H21N3O3/c1-13-11-18(17-7-5-6-8-19(17)22-13)21(25)24-23-14(2)16-10-9-15(26-3)12-20(16)27-4/h5-12H,1-4H3,(H,24,25)/b23-14+. The van der Waals surface area contributed by atoms with E-state index >= 15 is 0 Å². The summed E-state index contributed by atoms with van der Waals surface area (Å²) >= 11 is 0. The lowest BCUT2D eigenvalue weighted by Crippen LogP contribution is -2.20. The molecule has 0 bridgehead atoms. The Labute approximate surface area is 157 Å². The van der Waals surface area contributed by atoms with Gasteiger partial charge in [-0.1, -0.05) is 18.2 Å². The molecule has 0 saturated carbocycles. The summed E-state index contributed by atoms with van der Waals surface area (Å²) in [5.74, 6) is 1.02. The zero-order valence-electron chi connectivity index (χ0n) is 15.7. The van der Waals surface area contributed by atoms with Crippen LogP contribution in [0.5, 0.6) is 11.5 Å². The number of carbonyl (C=O) groups is 1. The molecule has 0 saturated heterocycles. The third-order valence-corrected chi connectivity index (χ3v) is 4.21. The van der Waals surface area contributed by atoms with Crippen LogP contribution in [-0.4, -0.2) is 30.8 Å². The number of amides is 1. The molecule has 0 atom stereocenters. The first-order chi connectivity index (χ1) is 13.0. The van der Waals surface area contributed by atoms with E-state index in [4.69, 9.17) is 9.47 Å². The molecule has 1 aromatic heterocycles. The Morgan fingerprint density at radius 1 is 1.04 bits per heavy atom. The summed E-state index contributed by atoms with van der Waals surface area (Å²) in [6.45, 7) is 3.67. The second-order valence-electron chi connectivity index (χ2n) is 6.03. The number of rotatable bonds is 5. The topological polar surface area (TPSA) is 72.8 Å². The van der Waals surface area contributed by atoms with Gasteiger partial charge in [-0.15, -0.1) is 0 Å². The maximum absolute atomic E-state index is 12.7. The van der Waals surface area contributed by atoms with Gasteiger partial charge in [0.1, 0.15) is 11.5 Å². The van der Waals surface area contributed by atoms with E-state index < -0.39 is 0 Å². The molecular weight excluding hydrogens is 342 g/mol. The number of hydrogen-bond acceptors (Lipinski definition) is 5. The lowest BCUT2D eigenvalue weighted by molar-refractivity contribution is 0.0956. The van der Waals surface area contributed by atoms with Crippen LogP contribution in [-0.2, 0) is 0 Å². The number of para-hydroxylation sites is 1. The summed E-state index contributed by atoms with van der Waals surface area (Å²) in [6.07, 6.45) is 0. The van der Waals surface area contributed by atoms with Crippen LogP contribution >= 0.6 is 0 Å². The summed E-state index contributed by atoms with van der Waals surface area (Å²) in [5, 5.41) is 5.03. The summed E-state index contributed by atoms with van der Waals surface area (Å²) in [7, 11) is 3.17. The van der Waals surface area contributed by atoms with Gasteiger partial charge in [-0.2, -0.15) is 5.10 Å². The number of pyridine rings is 1. The molecule has 1 heterocycles. The van der Waals surface area contributed by atoms with Crippen molar-refractivity contribution < 1.29 is 14.3 Å². The summed E-state index contributed by atoms with van der Waals surface area (Å²) < 4.78 is 10.6. The lowest BCUT2D eigenvalue weighted by Gasteiger charge is -2.11. The van der Waals surface area contributed by atoms with Crippen LogP contribution in [0.4, 0.5) is 0 Å². The zero-order valence-corrected chi connectivity index (χ0v) is 15.7. The highest BCUT2D eigenvalue weighted by Crippen LogP contribution is 2.25. The molecular formula is C21H21N3O3. The number of fused-ring (bicyclic) bond motifs is 1. The SMILES string of the molecule is COc1ccc(/C(C)=N/NC(=O)c2cc(C)nc3ccccc23)c(OC)c1. The molecule has 0 unspecified atom stereocenters. The predicted molar refractivity (Wildman–Crippen MR) is 106 cm³/mol. The van der Waals surface area contributed by atoms with Gasteiger partial charge in [-0.3, -0.25) is 9.78 Å². The zero-order chi connectivity index (χ0) is 19.4. The van der Waals surface area contributed by atoms with Crippen molar-refractivity contribution in [1.82, 2.24) is 10.4 Å². The predicted octanol–water partition coefficient (Wildman–Crippen LogP) is 3.71. The van der Waals surface area contributed by atoms with E-state index in [1.165, 1.54) is 0 Å². The number of methoxy groups -OCH3 is 2. The fourth-order valence-corrected chi connectivity index (χ4v) is 2.85. The fourth-order valence-electron chi connectivity index (χ4n) is 2.85. The molecule has 2 aromatic carbocycles. The Morgan fingerprint density at radius 2 is 1.81 bits per heavy atom. The maximum Gasteiger partial charge on any atom is 0.272 e. The van der Waals surface area contributed by atoms with Gasteiger partial charge in [0.25, 0.3) is 5.91 Å². The minimum absolute atomic E-state index is 0.288. The Hall–Kier alpha value is -3.41. The first-order valence-corrected chi connectivity index (χ1v) is 8.47. The number of aryl methyl sites for hydroxylation is 1. The Morgan fingerprint density at radius 3 is 2.56 bits per heavy atom. The maximum atomic E-state index is 12.7.